The summed E-state index contributed by atoms with van der Waals surface area (Å²) in [7, 11) is 0. The van der Waals surface area contributed by atoms with Gasteiger partial charge in [0.1, 0.15) is 0 Å². The van der Waals surface area contributed by atoms with Crippen molar-refractivity contribution in [1.82, 2.24) is 14.9 Å². The Bertz CT molecular complexity index is 680. The molecule has 3 rings (SSSR count). The van der Waals surface area contributed by atoms with Crippen LogP contribution in [-0.4, -0.2) is 21.1 Å². The van der Waals surface area contributed by atoms with Crippen LogP contribution >= 0.6 is 28.1 Å². The van der Waals surface area contributed by atoms with Gasteiger partial charge >= 0.3 is 0 Å². The van der Waals surface area contributed by atoms with Crippen molar-refractivity contribution in [3.05, 3.63) is 44.9 Å². The van der Waals surface area contributed by atoms with Gasteiger partial charge in [-0.25, -0.2) is 0 Å². The summed E-state index contributed by atoms with van der Waals surface area (Å²) in [5.41, 5.74) is 1.04. The number of hydrogen-bond acceptors (Lipinski definition) is 3. The van der Waals surface area contributed by atoms with Crippen molar-refractivity contribution in [2.24, 2.45) is 5.10 Å². The number of benzene rings is 1. The molecule has 0 atom stereocenters. The molecule has 1 N–H and O–H groups in total. The molecule has 1 aromatic heterocycles. The summed E-state index contributed by atoms with van der Waals surface area (Å²) in [4.78, 5) is 0. The predicted octanol–water partition coefficient (Wildman–Crippen LogP) is 4.63. The van der Waals surface area contributed by atoms with Crippen LogP contribution in [0.5, 0.6) is 0 Å². The third kappa shape index (κ3) is 3.49. The maximum Gasteiger partial charge on any atom is 0.216 e. The van der Waals surface area contributed by atoms with Crippen molar-refractivity contribution in [3.8, 4) is 0 Å². The second-order valence-corrected chi connectivity index (χ2v) is 6.63. The van der Waals surface area contributed by atoms with Gasteiger partial charge in [0, 0.05) is 10.4 Å². The van der Waals surface area contributed by atoms with E-state index in [0.717, 1.165) is 15.9 Å². The van der Waals surface area contributed by atoms with E-state index in [9.17, 15) is 0 Å². The summed E-state index contributed by atoms with van der Waals surface area (Å²) in [6.45, 7) is 0. The summed E-state index contributed by atoms with van der Waals surface area (Å²) in [5, 5.41) is 11.8. The van der Waals surface area contributed by atoms with Crippen molar-refractivity contribution in [2.45, 2.75) is 38.0 Å². The van der Waals surface area contributed by atoms with Gasteiger partial charge in [-0.3, -0.25) is 5.10 Å². The standard InChI is InChI=1S/C15H17BrN4S/c16-13-8-6-11(7-9-13)10-17-20-14(18-19-15(20)21)12-4-2-1-3-5-12/h6-10,12H,1-5H2,(H,19,21). The molecule has 2 aromatic rings. The third-order valence-electron chi connectivity index (χ3n) is 3.84. The lowest BCUT2D eigenvalue weighted by molar-refractivity contribution is 0.419. The van der Waals surface area contributed by atoms with Gasteiger partial charge in [-0.1, -0.05) is 47.3 Å². The first-order chi connectivity index (χ1) is 10.2. The van der Waals surface area contributed by atoms with Gasteiger partial charge in [0.25, 0.3) is 0 Å². The van der Waals surface area contributed by atoms with Crippen molar-refractivity contribution in [3.63, 3.8) is 0 Å². The van der Waals surface area contributed by atoms with E-state index in [2.05, 4.69) is 31.2 Å². The van der Waals surface area contributed by atoms with Crippen LogP contribution in [0.1, 0.15) is 49.4 Å². The first-order valence-electron chi connectivity index (χ1n) is 7.21. The number of nitrogens with one attached hydrogen (secondary N) is 1. The Labute approximate surface area is 137 Å². The maximum absolute atomic E-state index is 5.30. The van der Waals surface area contributed by atoms with Crippen molar-refractivity contribution >= 4 is 34.4 Å². The molecule has 0 bridgehead atoms. The highest BCUT2D eigenvalue weighted by Crippen LogP contribution is 2.31. The van der Waals surface area contributed by atoms with Gasteiger partial charge in [-0.2, -0.15) is 14.9 Å². The molecule has 1 saturated carbocycles. The Morgan fingerprint density at radius 1 is 1.24 bits per heavy atom. The molecular formula is C15H17BrN4S. The molecule has 1 heterocycles. The van der Waals surface area contributed by atoms with E-state index in [0.29, 0.717) is 10.7 Å². The molecule has 0 unspecified atom stereocenters. The molecule has 6 heteroatoms. The maximum atomic E-state index is 5.30. The fourth-order valence-corrected chi connectivity index (χ4v) is 3.16. The van der Waals surface area contributed by atoms with Crippen molar-refractivity contribution < 1.29 is 0 Å². The number of nitrogens with zero attached hydrogens (tertiary/aromatic N) is 3. The van der Waals surface area contributed by atoms with E-state index < -0.39 is 0 Å². The largest absolute Gasteiger partial charge is 0.250 e. The fourth-order valence-electron chi connectivity index (χ4n) is 2.71. The average molecular weight is 365 g/mol. The summed E-state index contributed by atoms with van der Waals surface area (Å²) < 4.78 is 3.39. The second-order valence-electron chi connectivity index (χ2n) is 5.33. The molecule has 1 aromatic carbocycles. The van der Waals surface area contributed by atoms with E-state index in [1.165, 1.54) is 32.1 Å². The zero-order valence-electron chi connectivity index (χ0n) is 11.6. The molecule has 0 amide bonds. The Hall–Kier alpha value is -1.27. The minimum Gasteiger partial charge on any atom is -0.250 e. The molecule has 21 heavy (non-hydrogen) atoms. The lowest BCUT2D eigenvalue weighted by Crippen LogP contribution is -2.10. The Morgan fingerprint density at radius 2 is 1.95 bits per heavy atom. The van der Waals surface area contributed by atoms with Gasteiger partial charge < -0.3 is 0 Å². The third-order valence-corrected chi connectivity index (χ3v) is 4.63. The summed E-state index contributed by atoms with van der Waals surface area (Å²) in [5.74, 6) is 1.43. The molecular weight excluding hydrogens is 348 g/mol. The van der Waals surface area contributed by atoms with Crippen LogP contribution < -0.4 is 0 Å². The van der Waals surface area contributed by atoms with Crippen LogP contribution in [0.2, 0.25) is 0 Å². The van der Waals surface area contributed by atoms with E-state index in [1.807, 2.05) is 30.5 Å². The fraction of sp³-hybridized carbons (Fsp3) is 0.400. The highest BCUT2D eigenvalue weighted by molar-refractivity contribution is 9.10. The van der Waals surface area contributed by atoms with Crippen LogP contribution in [0.3, 0.4) is 0 Å². The SMILES string of the molecule is S=c1[nH]nc(C2CCCCC2)n1N=Cc1ccc(Br)cc1. The Kier molecular flexibility index (Phi) is 4.65. The van der Waals surface area contributed by atoms with Gasteiger partial charge in [0.15, 0.2) is 5.82 Å². The molecule has 110 valence electrons. The van der Waals surface area contributed by atoms with E-state index in [1.54, 1.807) is 4.68 Å². The van der Waals surface area contributed by atoms with E-state index in [4.69, 9.17) is 12.2 Å². The second kappa shape index (κ2) is 6.66. The molecule has 1 aliphatic carbocycles. The predicted molar refractivity (Wildman–Crippen MR) is 90.4 cm³/mol. The zero-order chi connectivity index (χ0) is 14.7. The average Bonchev–Trinajstić information content (AvgIpc) is 2.89. The topological polar surface area (TPSA) is 46.0 Å². The number of halogens is 1. The molecule has 4 nitrogen and oxygen atoms in total. The lowest BCUT2D eigenvalue weighted by atomic mass is 9.89. The minimum atomic E-state index is 0.466. The van der Waals surface area contributed by atoms with Crippen molar-refractivity contribution in [1.29, 1.82) is 0 Å². The van der Waals surface area contributed by atoms with Crippen LogP contribution in [0.4, 0.5) is 0 Å². The zero-order valence-corrected chi connectivity index (χ0v) is 14.0. The minimum absolute atomic E-state index is 0.466. The van der Waals surface area contributed by atoms with E-state index >= 15 is 0 Å². The Morgan fingerprint density at radius 3 is 2.67 bits per heavy atom. The molecule has 0 spiro atoms. The van der Waals surface area contributed by atoms with Gasteiger partial charge in [-0.05, 0) is 42.8 Å². The van der Waals surface area contributed by atoms with Crippen LogP contribution in [0, 0.1) is 4.77 Å². The number of aromatic amines is 1. The van der Waals surface area contributed by atoms with Gasteiger partial charge in [-0.15, -0.1) is 0 Å². The number of rotatable bonds is 3. The Balaban J connectivity index is 1.86. The lowest BCUT2D eigenvalue weighted by Gasteiger charge is -2.19. The number of H-pyrrole nitrogens is 1. The smallest absolute Gasteiger partial charge is 0.216 e. The first-order valence-corrected chi connectivity index (χ1v) is 8.41. The van der Waals surface area contributed by atoms with Gasteiger partial charge in [0.05, 0.1) is 6.21 Å². The summed E-state index contributed by atoms with van der Waals surface area (Å²) >= 11 is 8.73. The van der Waals surface area contributed by atoms with E-state index in [-0.39, 0.29) is 0 Å². The quantitative estimate of drug-likeness (QED) is 0.637. The first kappa shape index (κ1) is 14.7. The molecule has 1 fully saturated rings. The van der Waals surface area contributed by atoms with Crippen molar-refractivity contribution in [2.75, 3.05) is 0 Å². The molecule has 0 saturated heterocycles. The molecule has 0 radical (unpaired) electrons. The number of aromatic nitrogens is 3. The normalized spacial score (nSPS) is 16.6. The monoisotopic (exact) mass is 364 g/mol. The van der Waals surface area contributed by atoms with Gasteiger partial charge in [0.2, 0.25) is 4.77 Å². The van der Waals surface area contributed by atoms with Crippen LogP contribution in [-0.2, 0) is 0 Å². The number of hydrogen-bond donors (Lipinski definition) is 1. The van der Waals surface area contributed by atoms with Crippen LogP contribution in [0.15, 0.2) is 33.8 Å². The summed E-state index contributed by atoms with van der Waals surface area (Å²) in [6, 6.07) is 8.02. The molecule has 0 aliphatic heterocycles. The summed E-state index contributed by atoms with van der Waals surface area (Å²) in [6.07, 6.45) is 8.02. The van der Waals surface area contributed by atoms with Crippen LogP contribution in [0.25, 0.3) is 0 Å². The highest BCUT2D eigenvalue weighted by Gasteiger charge is 2.21. The highest BCUT2D eigenvalue weighted by atomic mass is 79.9. The molecule has 1 aliphatic rings.